The highest BCUT2D eigenvalue weighted by Crippen LogP contribution is 2.28. The van der Waals surface area contributed by atoms with Crippen molar-refractivity contribution in [2.45, 2.75) is 78.0 Å². The molecule has 1 aromatic rings. The van der Waals surface area contributed by atoms with E-state index in [1.54, 1.807) is 6.20 Å². The monoisotopic (exact) mass is 498 g/mol. The molecule has 2 aliphatic rings. The first-order valence-electron chi connectivity index (χ1n) is 13.0. The Bertz CT molecular complexity index is 1070. The predicted octanol–water partition coefficient (Wildman–Crippen LogP) is 2.90. The number of aromatic nitrogens is 1. The van der Waals surface area contributed by atoms with Crippen LogP contribution in [0.3, 0.4) is 0 Å². The Morgan fingerprint density at radius 3 is 2.75 bits per heavy atom. The summed E-state index contributed by atoms with van der Waals surface area (Å²) >= 11 is 0. The number of H-pyrrole nitrogens is 1. The van der Waals surface area contributed by atoms with E-state index in [4.69, 9.17) is 10.5 Å². The average molecular weight is 499 g/mol. The lowest BCUT2D eigenvalue weighted by molar-refractivity contribution is -0.143. The number of piperidine rings is 1. The molecule has 3 heterocycles. The minimum atomic E-state index is -0.289. The van der Waals surface area contributed by atoms with E-state index in [-0.39, 0.29) is 41.4 Å². The zero-order chi connectivity index (χ0) is 26.3. The standard InChI is InChI=1S/C27H42N6O3/c1-6-21(16-18(3)17-23(34)33-14-15-36-20(5)19(33)4)31-25(28)24-22(8-11-30-26(24)35)32-27(7-2)9-12-29-13-10-27/h6,8,11,16,19-20,29H,7,9-10,12-15,17H2,1-5H3,(H2,28,31)(H2,30,32,35)/b18-16-,21-6+. The van der Waals surface area contributed by atoms with Gasteiger partial charge in [0.2, 0.25) is 5.91 Å². The highest BCUT2D eigenvalue weighted by atomic mass is 16.5. The molecule has 5 N–H and O–H groups in total. The third kappa shape index (κ3) is 6.64. The van der Waals surface area contributed by atoms with Crippen LogP contribution in [0.1, 0.15) is 65.9 Å². The van der Waals surface area contributed by atoms with E-state index in [1.807, 2.05) is 50.8 Å². The molecular formula is C27H42N6O3. The smallest absolute Gasteiger partial charge is 0.261 e. The first-order chi connectivity index (χ1) is 17.2. The number of aliphatic imine (C=N–C) groups is 1. The van der Waals surface area contributed by atoms with Crippen LogP contribution in [0.4, 0.5) is 5.69 Å². The molecule has 0 spiro atoms. The van der Waals surface area contributed by atoms with Gasteiger partial charge in [0.15, 0.2) is 0 Å². The van der Waals surface area contributed by atoms with Crippen molar-refractivity contribution in [2.75, 3.05) is 31.6 Å². The number of pyridine rings is 1. The predicted molar refractivity (Wildman–Crippen MR) is 145 cm³/mol. The lowest BCUT2D eigenvalue weighted by Crippen LogP contribution is -2.51. The van der Waals surface area contributed by atoms with Crippen LogP contribution in [0.15, 0.2) is 45.5 Å². The summed E-state index contributed by atoms with van der Waals surface area (Å²) in [5, 5.41) is 7.02. The van der Waals surface area contributed by atoms with E-state index in [1.165, 1.54) is 0 Å². The number of hydrogen-bond acceptors (Lipinski definition) is 6. The number of hydrogen-bond donors (Lipinski definition) is 4. The Morgan fingerprint density at radius 1 is 1.36 bits per heavy atom. The second-order valence-electron chi connectivity index (χ2n) is 9.89. The molecule has 2 aliphatic heterocycles. The molecule has 1 aromatic heterocycles. The molecule has 0 saturated carbocycles. The summed E-state index contributed by atoms with van der Waals surface area (Å²) < 4.78 is 5.64. The van der Waals surface area contributed by atoms with E-state index in [0.717, 1.165) is 37.9 Å². The molecule has 0 radical (unpaired) electrons. The molecule has 2 unspecified atom stereocenters. The minimum Gasteiger partial charge on any atom is -0.383 e. The number of amides is 1. The largest absolute Gasteiger partial charge is 0.383 e. The van der Waals surface area contributed by atoms with Gasteiger partial charge < -0.3 is 31.0 Å². The van der Waals surface area contributed by atoms with Gasteiger partial charge in [0.1, 0.15) is 11.4 Å². The summed E-state index contributed by atoms with van der Waals surface area (Å²) in [5.74, 6) is 0.204. The molecule has 2 fully saturated rings. The van der Waals surface area contributed by atoms with Gasteiger partial charge in [-0.05, 0) is 72.2 Å². The normalized spacial score (nSPS) is 23.5. The molecule has 198 valence electrons. The van der Waals surface area contributed by atoms with Gasteiger partial charge >= 0.3 is 0 Å². The number of carbonyl (C=O) groups excluding carboxylic acids is 1. The van der Waals surface area contributed by atoms with Crippen molar-refractivity contribution in [3.8, 4) is 0 Å². The van der Waals surface area contributed by atoms with Crippen LogP contribution in [0, 0.1) is 0 Å². The number of nitrogens with one attached hydrogen (secondary N) is 3. The van der Waals surface area contributed by atoms with Gasteiger partial charge in [0, 0.05) is 24.7 Å². The zero-order valence-electron chi connectivity index (χ0n) is 22.3. The molecule has 2 saturated heterocycles. The lowest BCUT2D eigenvalue weighted by atomic mass is 9.85. The summed E-state index contributed by atoms with van der Waals surface area (Å²) in [6, 6.07) is 1.88. The molecule has 36 heavy (non-hydrogen) atoms. The maximum Gasteiger partial charge on any atom is 0.261 e. The van der Waals surface area contributed by atoms with Crippen LogP contribution < -0.4 is 21.9 Å². The quantitative estimate of drug-likeness (QED) is 0.248. The maximum absolute atomic E-state index is 12.9. The van der Waals surface area contributed by atoms with Crippen molar-refractivity contribution in [2.24, 2.45) is 10.7 Å². The van der Waals surface area contributed by atoms with Gasteiger partial charge in [-0.2, -0.15) is 0 Å². The van der Waals surface area contributed by atoms with Gasteiger partial charge in [-0.3, -0.25) is 9.59 Å². The van der Waals surface area contributed by atoms with Crippen molar-refractivity contribution < 1.29 is 9.53 Å². The number of carbonyl (C=O) groups is 1. The van der Waals surface area contributed by atoms with Gasteiger partial charge in [0.25, 0.3) is 5.56 Å². The number of aromatic amines is 1. The van der Waals surface area contributed by atoms with E-state index >= 15 is 0 Å². The van der Waals surface area contributed by atoms with E-state index in [2.05, 4.69) is 27.5 Å². The molecule has 0 bridgehead atoms. The van der Waals surface area contributed by atoms with Crippen molar-refractivity contribution >= 4 is 17.4 Å². The fourth-order valence-electron chi connectivity index (χ4n) is 4.90. The lowest BCUT2D eigenvalue weighted by Gasteiger charge is -2.39. The fourth-order valence-corrected chi connectivity index (χ4v) is 4.90. The second-order valence-corrected chi connectivity index (χ2v) is 9.89. The Morgan fingerprint density at radius 2 is 2.08 bits per heavy atom. The first kappa shape index (κ1) is 27.7. The number of nitrogens with zero attached hydrogens (tertiary/aromatic N) is 2. The second kappa shape index (κ2) is 12.4. The van der Waals surface area contributed by atoms with Gasteiger partial charge in [-0.15, -0.1) is 0 Å². The molecule has 0 aromatic carbocycles. The van der Waals surface area contributed by atoms with Crippen LogP contribution in [-0.2, 0) is 9.53 Å². The number of allylic oxidation sites excluding steroid dienone is 2. The van der Waals surface area contributed by atoms with E-state index in [9.17, 15) is 9.59 Å². The third-order valence-corrected chi connectivity index (χ3v) is 7.43. The van der Waals surface area contributed by atoms with E-state index < -0.39 is 0 Å². The Kier molecular flexibility index (Phi) is 9.50. The molecule has 9 heteroatoms. The van der Waals surface area contributed by atoms with E-state index in [0.29, 0.717) is 30.1 Å². The Labute approximate surface area is 214 Å². The summed E-state index contributed by atoms with van der Waals surface area (Å²) in [6.45, 7) is 12.9. The number of morpholine rings is 1. The third-order valence-electron chi connectivity index (χ3n) is 7.43. The summed E-state index contributed by atoms with van der Waals surface area (Å²) in [5.41, 5.74) is 8.52. The van der Waals surface area contributed by atoms with Crippen LogP contribution in [0.25, 0.3) is 0 Å². The summed E-state index contributed by atoms with van der Waals surface area (Å²) in [4.78, 5) is 34.9. The van der Waals surface area contributed by atoms with Crippen LogP contribution in [-0.4, -0.2) is 65.6 Å². The first-order valence-corrected chi connectivity index (χ1v) is 13.0. The number of nitrogens with two attached hydrogens (primary N) is 1. The van der Waals surface area contributed by atoms with Crippen LogP contribution in [0.5, 0.6) is 0 Å². The van der Waals surface area contributed by atoms with Crippen LogP contribution in [0.2, 0.25) is 0 Å². The summed E-state index contributed by atoms with van der Waals surface area (Å²) in [7, 11) is 0. The molecule has 3 rings (SSSR count). The zero-order valence-corrected chi connectivity index (χ0v) is 22.3. The number of anilines is 1. The van der Waals surface area contributed by atoms with Crippen molar-refractivity contribution in [3.05, 3.63) is 51.6 Å². The maximum atomic E-state index is 12.9. The van der Waals surface area contributed by atoms with Crippen molar-refractivity contribution in [1.82, 2.24) is 15.2 Å². The van der Waals surface area contributed by atoms with Gasteiger partial charge in [0.05, 0.1) is 30.1 Å². The molecule has 0 aliphatic carbocycles. The van der Waals surface area contributed by atoms with Crippen LogP contribution >= 0.6 is 0 Å². The number of ether oxygens (including phenoxy) is 1. The SMILES string of the molecule is C/C=C(\C=C(\C)CC(=O)N1CCOC(C)C1C)N=C(N)c1c(NC2(CC)CCNCC2)cc[nH]c1=O. The molecule has 9 nitrogen and oxygen atoms in total. The average Bonchev–Trinajstić information content (AvgIpc) is 2.85. The number of amidine groups is 1. The molecule has 1 amide bonds. The Balaban J connectivity index is 1.80. The van der Waals surface area contributed by atoms with Crippen molar-refractivity contribution in [3.63, 3.8) is 0 Å². The van der Waals surface area contributed by atoms with Crippen molar-refractivity contribution in [1.29, 1.82) is 0 Å². The molecule has 2 atom stereocenters. The minimum absolute atomic E-state index is 0.0194. The highest BCUT2D eigenvalue weighted by Gasteiger charge is 2.31. The highest BCUT2D eigenvalue weighted by molar-refractivity contribution is 6.02. The van der Waals surface area contributed by atoms with Gasteiger partial charge in [-0.25, -0.2) is 4.99 Å². The number of rotatable bonds is 8. The fraction of sp³-hybridized carbons (Fsp3) is 0.593. The van der Waals surface area contributed by atoms with Gasteiger partial charge in [-0.1, -0.05) is 18.6 Å². The summed E-state index contributed by atoms with van der Waals surface area (Å²) in [6.07, 6.45) is 8.48. The Hall–Kier alpha value is -2.91. The topological polar surface area (TPSA) is 125 Å². The molecular weight excluding hydrogens is 456 g/mol.